The number of nitrogens with one attached hydrogen (secondary N) is 2. The molecule has 0 fully saturated rings. The fourth-order valence-corrected chi connectivity index (χ4v) is 2.98. The smallest absolute Gasteiger partial charge is 0.405 e. The van der Waals surface area contributed by atoms with E-state index in [1.165, 1.54) is 18.2 Å². The summed E-state index contributed by atoms with van der Waals surface area (Å²) in [5, 5.41) is 4.37. The van der Waals surface area contributed by atoms with Crippen LogP contribution in [0.15, 0.2) is 36.4 Å². The van der Waals surface area contributed by atoms with Crippen molar-refractivity contribution in [2.75, 3.05) is 25.1 Å². The number of carbonyl (C=O) groups excluding carboxylic acids is 3. The molecule has 2 aromatic carbocycles. The van der Waals surface area contributed by atoms with Crippen molar-refractivity contribution in [2.45, 2.75) is 25.9 Å². The molecule has 0 aromatic heterocycles. The minimum atomic E-state index is -4.53. The van der Waals surface area contributed by atoms with Crippen molar-refractivity contribution < 1.29 is 37.0 Å². The molecular formula is C22H21F3N2O5. The van der Waals surface area contributed by atoms with Crippen molar-refractivity contribution in [3.05, 3.63) is 53.1 Å². The summed E-state index contributed by atoms with van der Waals surface area (Å²) in [6, 6.07) is 8.98. The maximum atomic E-state index is 12.4. The van der Waals surface area contributed by atoms with Gasteiger partial charge in [-0.05, 0) is 42.8 Å². The molecule has 1 aliphatic heterocycles. The summed E-state index contributed by atoms with van der Waals surface area (Å²) < 4.78 is 47.7. The van der Waals surface area contributed by atoms with E-state index in [1.807, 2.05) is 0 Å². The summed E-state index contributed by atoms with van der Waals surface area (Å²) in [5.41, 5.74) is 1.26. The lowest BCUT2D eigenvalue weighted by atomic mass is 10.0. The van der Waals surface area contributed by atoms with E-state index < -0.39 is 24.5 Å². The van der Waals surface area contributed by atoms with Crippen molar-refractivity contribution in [1.82, 2.24) is 5.32 Å². The number of hydrogen-bond donors (Lipinski definition) is 2. The zero-order valence-corrected chi connectivity index (χ0v) is 17.2. The first-order valence-corrected chi connectivity index (χ1v) is 9.81. The Morgan fingerprint density at radius 1 is 0.938 bits per heavy atom. The second kappa shape index (κ2) is 9.71. The van der Waals surface area contributed by atoms with Crippen molar-refractivity contribution in [3.63, 3.8) is 0 Å². The van der Waals surface area contributed by atoms with Gasteiger partial charge in [-0.1, -0.05) is 6.07 Å². The van der Waals surface area contributed by atoms with E-state index in [9.17, 15) is 27.6 Å². The highest BCUT2D eigenvalue weighted by Gasteiger charge is 2.28. The van der Waals surface area contributed by atoms with Crippen LogP contribution in [0.5, 0.6) is 11.5 Å². The molecule has 1 heterocycles. The molecule has 0 unspecified atom stereocenters. The van der Waals surface area contributed by atoms with E-state index in [0.29, 0.717) is 35.8 Å². The standard InChI is InChI=1S/C22H21F3N2O5/c1-13-2-3-15(21(30)26-12-22(23,24)25)10-16(13)27-20(29)7-5-17(28)14-4-6-18-19(11-14)32-9-8-31-18/h2-4,6,10-11H,5,7-9,12H2,1H3,(H,26,30)(H,27,29). The number of ether oxygens (including phenoxy) is 2. The Morgan fingerprint density at radius 3 is 2.34 bits per heavy atom. The summed E-state index contributed by atoms with van der Waals surface area (Å²) in [7, 11) is 0. The van der Waals surface area contributed by atoms with Gasteiger partial charge in [-0.25, -0.2) is 0 Å². The van der Waals surface area contributed by atoms with Crippen LogP contribution in [0.4, 0.5) is 18.9 Å². The Balaban J connectivity index is 1.57. The van der Waals surface area contributed by atoms with Gasteiger partial charge >= 0.3 is 6.18 Å². The van der Waals surface area contributed by atoms with Gasteiger partial charge in [0.05, 0.1) is 0 Å². The predicted molar refractivity (Wildman–Crippen MR) is 109 cm³/mol. The highest BCUT2D eigenvalue weighted by Crippen LogP contribution is 2.31. The van der Waals surface area contributed by atoms with Crippen molar-refractivity contribution in [3.8, 4) is 11.5 Å². The Bertz CT molecular complexity index is 1040. The van der Waals surface area contributed by atoms with E-state index in [2.05, 4.69) is 5.32 Å². The summed E-state index contributed by atoms with van der Waals surface area (Å²) in [6.45, 7) is 1.04. The van der Waals surface area contributed by atoms with E-state index in [1.54, 1.807) is 30.4 Å². The van der Waals surface area contributed by atoms with Gasteiger partial charge in [-0.2, -0.15) is 13.2 Å². The van der Waals surface area contributed by atoms with Crippen LogP contribution in [0, 0.1) is 6.92 Å². The van der Waals surface area contributed by atoms with E-state index in [0.717, 1.165) is 0 Å². The molecule has 7 nitrogen and oxygen atoms in total. The van der Waals surface area contributed by atoms with Gasteiger partial charge in [0.1, 0.15) is 19.8 Å². The molecule has 2 N–H and O–H groups in total. The monoisotopic (exact) mass is 450 g/mol. The number of anilines is 1. The summed E-state index contributed by atoms with van der Waals surface area (Å²) in [4.78, 5) is 36.7. The zero-order valence-electron chi connectivity index (χ0n) is 17.2. The first kappa shape index (κ1) is 23.1. The Hall–Kier alpha value is -3.56. The molecule has 2 amide bonds. The summed E-state index contributed by atoms with van der Waals surface area (Å²) in [5.74, 6) is -0.601. The third-order valence-corrected chi connectivity index (χ3v) is 4.67. The molecule has 10 heteroatoms. The van der Waals surface area contributed by atoms with Gasteiger partial charge in [-0.15, -0.1) is 0 Å². The number of Topliss-reactive ketones (excluding diaryl/α,β-unsaturated/α-hetero) is 1. The van der Waals surface area contributed by atoms with Crippen molar-refractivity contribution in [1.29, 1.82) is 0 Å². The molecule has 0 aliphatic carbocycles. The molecule has 1 aliphatic rings. The minimum Gasteiger partial charge on any atom is -0.486 e. The topological polar surface area (TPSA) is 93.7 Å². The lowest BCUT2D eigenvalue weighted by Crippen LogP contribution is -2.33. The van der Waals surface area contributed by atoms with Crippen LogP contribution in [0.1, 0.15) is 39.1 Å². The Morgan fingerprint density at radius 2 is 1.62 bits per heavy atom. The van der Waals surface area contributed by atoms with Crippen LogP contribution in [0.2, 0.25) is 0 Å². The number of aryl methyl sites for hydroxylation is 1. The maximum absolute atomic E-state index is 12.4. The van der Waals surface area contributed by atoms with E-state index in [-0.39, 0.29) is 29.9 Å². The SMILES string of the molecule is Cc1ccc(C(=O)NCC(F)(F)F)cc1NC(=O)CCC(=O)c1ccc2c(c1)OCCO2. The zero-order chi connectivity index (χ0) is 23.3. The third kappa shape index (κ3) is 6.22. The highest BCUT2D eigenvalue weighted by atomic mass is 19.4. The number of hydrogen-bond acceptors (Lipinski definition) is 5. The number of alkyl halides is 3. The summed E-state index contributed by atoms with van der Waals surface area (Å²) >= 11 is 0. The van der Waals surface area contributed by atoms with Crippen LogP contribution >= 0.6 is 0 Å². The first-order valence-electron chi connectivity index (χ1n) is 9.81. The highest BCUT2D eigenvalue weighted by molar-refractivity contribution is 6.01. The number of halogens is 3. The molecule has 0 radical (unpaired) electrons. The van der Waals surface area contributed by atoms with Gasteiger partial charge in [0.15, 0.2) is 17.3 Å². The van der Waals surface area contributed by atoms with E-state index in [4.69, 9.17) is 9.47 Å². The van der Waals surface area contributed by atoms with Gasteiger partial charge < -0.3 is 20.1 Å². The Labute approximate surface area is 181 Å². The quantitative estimate of drug-likeness (QED) is 0.628. The molecule has 0 spiro atoms. The van der Waals surface area contributed by atoms with Crippen molar-refractivity contribution >= 4 is 23.3 Å². The summed E-state index contributed by atoms with van der Waals surface area (Å²) in [6.07, 6.45) is -4.70. The molecule has 2 aromatic rings. The number of fused-ring (bicyclic) bond motifs is 1. The van der Waals surface area contributed by atoms with Crippen molar-refractivity contribution in [2.24, 2.45) is 0 Å². The molecule has 0 saturated carbocycles. The second-order valence-corrected chi connectivity index (χ2v) is 7.16. The van der Waals surface area contributed by atoms with Crippen LogP contribution in [-0.2, 0) is 4.79 Å². The van der Waals surface area contributed by atoms with E-state index >= 15 is 0 Å². The third-order valence-electron chi connectivity index (χ3n) is 4.67. The molecule has 3 rings (SSSR count). The lowest BCUT2D eigenvalue weighted by molar-refractivity contribution is -0.123. The molecule has 32 heavy (non-hydrogen) atoms. The molecule has 0 saturated heterocycles. The predicted octanol–water partition coefficient (Wildman–Crippen LogP) is 3.66. The van der Waals surface area contributed by atoms with Gasteiger partial charge in [0.2, 0.25) is 5.91 Å². The van der Waals surface area contributed by atoms with Crippen LogP contribution in [0.3, 0.4) is 0 Å². The average molecular weight is 450 g/mol. The lowest BCUT2D eigenvalue weighted by Gasteiger charge is -2.18. The largest absolute Gasteiger partial charge is 0.486 e. The van der Waals surface area contributed by atoms with Crippen LogP contribution in [0.25, 0.3) is 0 Å². The minimum absolute atomic E-state index is 0.0255. The number of rotatable bonds is 7. The molecule has 0 bridgehead atoms. The van der Waals surface area contributed by atoms with Gasteiger partial charge in [0.25, 0.3) is 5.91 Å². The average Bonchev–Trinajstić information content (AvgIpc) is 2.76. The molecular weight excluding hydrogens is 429 g/mol. The Kier molecular flexibility index (Phi) is 7.01. The maximum Gasteiger partial charge on any atom is 0.405 e. The fraction of sp³-hybridized carbons (Fsp3) is 0.318. The van der Waals surface area contributed by atoms with Gasteiger partial charge in [0, 0.05) is 29.7 Å². The molecule has 0 atom stereocenters. The second-order valence-electron chi connectivity index (χ2n) is 7.16. The normalized spacial score (nSPS) is 12.8. The number of benzene rings is 2. The van der Waals surface area contributed by atoms with Crippen LogP contribution in [-0.4, -0.2) is 43.5 Å². The van der Waals surface area contributed by atoms with Crippen LogP contribution < -0.4 is 20.1 Å². The fourth-order valence-electron chi connectivity index (χ4n) is 2.98. The van der Waals surface area contributed by atoms with Gasteiger partial charge in [-0.3, -0.25) is 14.4 Å². The number of carbonyl (C=O) groups is 3. The number of ketones is 1. The first-order chi connectivity index (χ1) is 15.1. The number of amides is 2. The molecule has 170 valence electrons.